The van der Waals surface area contributed by atoms with Gasteiger partial charge in [-0.1, -0.05) is 12.1 Å². The normalized spacial score (nSPS) is 10.6. The summed E-state index contributed by atoms with van der Waals surface area (Å²) >= 11 is 0. The second kappa shape index (κ2) is 5.70. The van der Waals surface area contributed by atoms with Crippen LogP contribution >= 0.6 is 0 Å². The van der Waals surface area contributed by atoms with Gasteiger partial charge in [-0.2, -0.15) is 4.39 Å². The number of aromatic nitrogens is 4. The quantitative estimate of drug-likeness (QED) is 0.748. The van der Waals surface area contributed by atoms with Crippen molar-refractivity contribution in [1.29, 1.82) is 0 Å². The summed E-state index contributed by atoms with van der Waals surface area (Å²) in [7, 11) is 0. The van der Waals surface area contributed by atoms with Gasteiger partial charge in [0.2, 0.25) is 5.95 Å². The smallest absolute Gasteiger partial charge is 0.214 e. The van der Waals surface area contributed by atoms with E-state index in [-0.39, 0.29) is 0 Å². The van der Waals surface area contributed by atoms with E-state index in [1.807, 2.05) is 29.8 Å². The molecule has 0 unspecified atom stereocenters. The molecule has 0 spiro atoms. The van der Waals surface area contributed by atoms with Crippen LogP contribution in [0, 0.1) is 12.9 Å². The van der Waals surface area contributed by atoms with E-state index in [9.17, 15) is 4.39 Å². The maximum Gasteiger partial charge on any atom is 0.214 e. The summed E-state index contributed by atoms with van der Waals surface area (Å²) in [5.41, 5.74) is 0.988. The van der Waals surface area contributed by atoms with Gasteiger partial charge in [0, 0.05) is 25.1 Å². The molecule has 5 nitrogen and oxygen atoms in total. The summed E-state index contributed by atoms with van der Waals surface area (Å²) < 4.78 is 14.9. The number of hydrogen-bond acceptors (Lipinski definition) is 4. The van der Waals surface area contributed by atoms with Gasteiger partial charge in [-0.3, -0.25) is 4.57 Å². The van der Waals surface area contributed by atoms with Crippen molar-refractivity contribution < 1.29 is 4.39 Å². The fourth-order valence-corrected chi connectivity index (χ4v) is 1.98. The number of nitrogens with one attached hydrogen (secondary N) is 1. The van der Waals surface area contributed by atoms with Gasteiger partial charge in [0.25, 0.3) is 0 Å². The molecule has 1 N–H and O–H groups in total. The Kier molecular flexibility index (Phi) is 3.59. The lowest BCUT2D eigenvalue weighted by Gasteiger charge is -2.07. The fourth-order valence-electron chi connectivity index (χ4n) is 1.98. The van der Waals surface area contributed by atoms with Gasteiger partial charge in [-0.05, 0) is 30.7 Å². The Bertz CT molecular complexity index is 736. The summed E-state index contributed by atoms with van der Waals surface area (Å²) in [5, 5.41) is 3.06. The van der Waals surface area contributed by atoms with Gasteiger partial charge < -0.3 is 5.32 Å². The molecule has 0 fully saturated rings. The third-order valence-electron chi connectivity index (χ3n) is 3.07. The lowest BCUT2D eigenvalue weighted by atomic mass is 10.3. The molecule has 0 amide bonds. The lowest BCUT2D eigenvalue weighted by Crippen LogP contribution is -2.04. The molecule has 0 radical (unpaired) electrons. The minimum Gasteiger partial charge on any atom is -0.366 e. The van der Waals surface area contributed by atoms with Crippen molar-refractivity contribution in [2.24, 2.45) is 0 Å². The minimum atomic E-state index is -0.496. The minimum absolute atomic E-state index is 0.496. The third kappa shape index (κ3) is 3.05. The van der Waals surface area contributed by atoms with Crippen molar-refractivity contribution in [3.63, 3.8) is 0 Å². The number of aryl methyl sites for hydroxylation is 1. The molecular formula is C15H14FN5. The maximum absolute atomic E-state index is 13.0. The molecule has 21 heavy (non-hydrogen) atoms. The van der Waals surface area contributed by atoms with Crippen molar-refractivity contribution in [3.8, 4) is 5.82 Å². The summed E-state index contributed by atoms with van der Waals surface area (Å²) in [5.74, 6) is 1.71. The van der Waals surface area contributed by atoms with Crippen molar-refractivity contribution >= 4 is 5.82 Å². The number of imidazole rings is 1. The van der Waals surface area contributed by atoms with Crippen molar-refractivity contribution in [2.75, 3.05) is 5.32 Å². The Morgan fingerprint density at radius 1 is 1.19 bits per heavy atom. The van der Waals surface area contributed by atoms with Gasteiger partial charge in [-0.25, -0.2) is 15.0 Å². The standard InChI is InChI=1S/C15H14FN5/c1-11-17-7-8-21(11)15-6-5-12(10-19-15)9-18-14-4-2-3-13(16)20-14/h2-8,10H,9H2,1H3,(H,18,20). The first-order valence-electron chi connectivity index (χ1n) is 6.54. The highest BCUT2D eigenvalue weighted by atomic mass is 19.1. The number of hydrogen-bond donors (Lipinski definition) is 1. The largest absolute Gasteiger partial charge is 0.366 e. The SMILES string of the molecule is Cc1nccn1-c1ccc(CNc2cccc(F)n2)cn1. The summed E-state index contributed by atoms with van der Waals surface area (Å²) in [4.78, 5) is 12.3. The number of pyridine rings is 2. The molecule has 0 atom stereocenters. The van der Waals surface area contributed by atoms with Crippen LogP contribution in [0.2, 0.25) is 0 Å². The molecule has 3 aromatic rings. The maximum atomic E-state index is 13.0. The van der Waals surface area contributed by atoms with Crippen LogP contribution in [0.25, 0.3) is 5.82 Å². The number of nitrogens with zero attached hydrogens (tertiary/aromatic N) is 4. The first-order valence-corrected chi connectivity index (χ1v) is 6.54. The van der Waals surface area contributed by atoms with Gasteiger partial charge in [-0.15, -0.1) is 0 Å². The Hall–Kier alpha value is -2.76. The van der Waals surface area contributed by atoms with Crippen LogP contribution in [0.15, 0.2) is 48.9 Å². The average Bonchev–Trinajstić information content (AvgIpc) is 2.92. The van der Waals surface area contributed by atoms with Crippen LogP contribution in [-0.4, -0.2) is 19.5 Å². The molecule has 0 aromatic carbocycles. The molecular weight excluding hydrogens is 269 g/mol. The van der Waals surface area contributed by atoms with Crippen LogP contribution in [0.5, 0.6) is 0 Å². The van der Waals surface area contributed by atoms with Crippen LogP contribution in [-0.2, 0) is 6.54 Å². The second-order valence-corrected chi connectivity index (χ2v) is 4.57. The van der Waals surface area contributed by atoms with E-state index < -0.39 is 5.95 Å². The fraction of sp³-hybridized carbons (Fsp3) is 0.133. The van der Waals surface area contributed by atoms with Crippen molar-refractivity contribution in [3.05, 3.63) is 66.3 Å². The Balaban J connectivity index is 1.69. The van der Waals surface area contributed by atoms with E-state index in [4.69, 9.17) is 0 Å². The molecule has 3 aromatic heterocycles. The number of halogens is 1. The summed E-state index contributed by atoms with van der Waals surface area (Å²) in [6, 6.07) is 8.54. The number of rotatable bonds is 4. The van der Waals surface area contributed by atoms with E-state index in [2.05, 4.69) is 20.3 Å². The molecule has 0 aliphatic heterocycles. The highest BCUT2D eigenvalue weighted by molar-refractivity contribution is 5.35. The van der Waals surface area contributed by atoms with Crippen molar-refractivity contribution in [1.82, 2.24) is 19.5 Å². The molecule has 0 aliphatic carbocycles. The Morgan fingerprint density at radius 3 is 2.76 bits per heavy atom. The Morgan fingerprint density at radius 2 is 2.10 bits per heavy atom. The zero-order valence-corrected chi connectivity index (χ0v) is 11.5. The molecule has 6 heteroatoms. The predicted molar refractivity (Wildman–Crippen MR) is 77.6 cm³/mol. The second-order valence-electron chi connectivity index (χ2n) is 4.57. The number of anilines is 1. The molecule has 0 aliphatic rings. The molecule has 0 saturated heterocycles. The van der Waals surface area contributed by atoms with Crippen LogP contribution in [0.4, 0.5) is 10.2 Å². The molecule has 0 bridgehead atoms. The molecule has 106 valence electrons. The van der Waals surface area contributed by atoms with E-state index in [1.54, 1.807) is 24.5 Å². The van der Waals surface area contributed by atoms with Gasteiger partial charge in [0.05, 0.1) is 0 Å². The molecule has 3 rings (SSSR count). The summed E-state index contributed by atoms with van der Waals surface area (Å²) in [6.45, 7) is 2.46. The van der Waals surface area contributed by atoms with E-state index in [1.165, 1.54) is 6.07 Å². The van der Waals surface area contributed by atoms with Crippen LogP contribution in [0.1, 0.15) is 11.4 Å². The van der Waals surface area contributed by atoms with Crippen LogP contribution in [0.3, 0.4) is 0 Å². The van der Waals surface area contributed by atoms with Gasteiger partial charge in [0.1, 0.15) is 17.5 Å². The predicted octanol–water partition coefficient (Wildman–Crippen LogP) is 2.72. The van der Waals surface area contributed by atoms with E-state index >= 15 is 0 Å². The first kappa shape index (κ1) is 13.2. The first-order chi connectivity index (χ1) is 10.2. The Labute approximate surface area is 121 Å². The lowest BCUT2D eigenvalue weighted by molar-refractivity contribution is 0.585. The highest BCUT2D eigenvalue weighted by Crippen LogP contribution is 2.10. The van der Waals surface area contributed by atoms with Gasteiger partial charge >= 0.3 is 0 Å². The molecule has 3 heterocycles. The summed E-state index contributed by atoms with van der Waals surface area (Å²) in [6.07, 6.45) is 5.38. The average molecular weight is 283 g/mol. The van der Waals surface area contributed by atoms with Crippen LogP contribution < -0.4 is 5.32 Å². The zero-order valence-electron chi connectivity index (χ0n) is 11.5. The third-order valence-corrected chi connectivity index (χ3v) is 3.07. The topological polar surface area (TPSA) is 55.6 Å². The van der Waals surface area contributed by atoms with Crippen molar-refractivity contribution in [2.45, 2.75) is 13.5 Å². The monoisotopic (exact) mass is 283 g/mol. The van der Waals surface area contributed by atoms with E-state index in [0.717, 1.165) is 17.2 Å². The zero-order chi connectivity index (χ0) is 14.7. The molecule has 0 saturated carbocycles. The van der Waals surface area contributed by atoms with Gasteiger partial charge in [0.15, 0.2) is 0 Å². The highest BCUT2D eigenvalue weighted by Gasteiger charge is 2.02. The van der Waals surface area contributed by atoms with E-state index in [0.29, 0.717) is 12.4 Å².